The minimum atomic E-state index is -0.591. The molecule has 4 nitrogen and oxygen atoms in total. The predicted octanol–water partition coefficient (Wildman–Crippen LogP) is 3.27. The molecule has 0 aliphatic rings. The van der Waals surface area contributed by atoms with Crippen molar-refractivity contribution in [3.63, 3.8) is 0 Å². The van der Waals surface area contributed by atoms with Crippen molar-refractivity contribution in [2.75, 3.05) is 6.61 Å². The van der Waals surface area contributed by atoms with Crippen molar-refractivity contribution >= 4 is 40.9 Å². The summed E-state index contributed by atoms with van der Waals surface area (Å²) in [6.45, 7) is 0.126. The van der Waals surface area contributed by atoms with Crippen LogP contribution >= 0.6 is 22.9 Å². The molecule has 0 aliphatic heterocycles. The van der Waals surface area contributed by atoms with Crippen LogP contribution in [0.5, 0.6) is 0 Å². The van der Waals surface area contributed by atoms with Gasteiger partial charge in [0.2, 0.25) is 0 Å². The van der Waals surface area contributed by atoms with Gasteiger partial charge in [-0.25, -0.2) is 4.79 Å². The number of ether oxygens (including phenoxy) is 1. The quantitative estimate of drug-likeness (QED) is 0.651. The van der Waals surface area contributed by atoms with E-state index in [0.717, 1.165) is 4.88 Å². The molecule has 0 radical (unpaired) electrons. The van der Waals surface area contributed by atoms with Crippen molar-refractivity contribution in [2.45, 2.75) is 6.54 Å². The molecule has 0 saturated heterocycles. The van der Waals surface area contributed by atoms with Gasteiger partial charge >= 0.3 is 5.97 Å². The van der Waals surface area contributed by atoms with Gasteiger partial charge in [0.1, 0.15) is 0 Å². The lowest BCUT2D eigenvalue weighted by Crippen LogP contribution is -2.27. The van der Waals surface area contributed by atoms with Crippen molar-refractivity contribution in [1.29, 1.82) is 0 Å². The number of rotatable bonds is 6. The van der Waals surface area contributed by atoms with Gasteiger partial charge in [-0.2, -0.15) is 0 Å². The lowest BCUT2D eigenvalue weighted by Gasteiger charge is -2.04. The minimum absolute atomic E-state index is 0.308. The van der Waals surface area contributed by atoms with Crippen LogP contribution in [0.15, 0.2) is 47.9 Å². The van der Waals surface area contributed by atoms with Crippen LogP contribution < -0.4 is 5.32 Å². The average molecular weight is 336 g/mol. The zero-order chi connectivity index (χ0) is 15.8. The van der Waals surface area contributed by atoms with Crippen molar-refractivity contribution in [2.24, 2.45) is 0 Å². The van der Waals surface area contributed by atoms with Gasteiger partial charge in [-0.1, -0.05) is 35.9 Å². The van der Waals surface area contributed by atoms with Crippen LogP contribution in [-0.4, -0.2) is 18.5 Å². The molecule has 0 atom stereocenters. The molecule has 0 aliphatic carbocycles. The number of nitrogens with one attached hydrogen (secondary N) is 1. The number of carbonyl (C=O) groups excluding carboxylic acids is 2. The van der Waals surface area contributed by atoms with Crippen LogP contribution in [0, 0.1) is 0 Å². The Hall–Kier alpha value is -2.11. The Morgan fingerprint density at radius 2 is 2.05 bits per heavy atom. The summed E-state index contributed by atoms with van der Waals surface area (Å²) in [5.74, 6) is -0.931. The molecule has 114 valence electrons. The monoisotopic (exact) mass is 335 g/mol. The maximum Gasteiger partial charge on any atom is 0.331 e. The number of esters is 1. The number of amides is 1. The van der Waals surface area contributed by atoms with E-state index in [9.17, 15) is 9.59 Å². The summed E-state index contributed by atoms with van der Waals surface area (Å²) in [5, 5.41) is 5.15. The molecule has 0 saturated carbocycles. The van der Waals surface area contributed by atoms with Gasteiger partial charge in [0.05, 0.1) is 6.54 Å². The van der Waals surface area contributed by atoms with Crippen LogP contribution in [0.2, 0.25) is 5.02 Å². The fraction of sp³-hybridized carbons (Fsp3) is 0.125. The summed E-state index contributed by atoms with van der Waals surface area (Å²) in [6, 6.07) is 10.9. The number of hydrogen-bond donors (Lipinski definition) is 1. The third-order valence-corrected chi connectivity index (χ3v) is 3.91. The molecule has 0 bridgehead atoms. The zero-order valence-electron chi connectivity index (χ0n) is 11.6. The van der Waals surface area contributed by atoms with E-state index in [4.69, 9.17) is 16.3 Å². The van der Waals surface area contributed by atoms with Crippen LogP contribution in [0.25, 0.3) is 6.08 Å². The molecule has 0 unspecified atom stereocenters. The van der Waals surface area contributed by atoms with Gasteiger partial charge in [-0.15, -0.1) is 11.3 Å². The second-order valence-corrected chi connectivity index (χ2v) is 5.76. The summed E-state index contributed by atoms with van der Waals surface area (Å²) in [7, 11) is 0. The molecular formula is C16H14ClNO3S. The molecule has 22 heavy (non-hydrogen) atoms. The molecule has 1 aromatic heterocycles. The van der Waals surface area contributed by atoms with Gasteiger partial charge in [-0.05, 0) is 29.2 Å². The number of thiophene rings is 1. The Labute approximate surface area is 137 Å². The zero-order valence-corrected chi connectivity index (χ0v) is 13.2. The van der Waals surface area contributed by atoms with E-state index >= 15 is 0 Å². The van der Waals surface area contributed by atoms with Gasteiger partial charge in [0.25, 0.3) is 5.91 Å². The maximum absolute atomic E-state index is 11.5. The standard InChI is InChI=1S/C16H14ClNO3S/c17-14-6-2-1-4-12(14)7-8-16(20)21-11-15(19)18-10-13-5-3-9-22-13/h1-9H,10-11H2,(H,18,19)/b8-7+. The number of hydrogen-bond acceptors (Lipinski definition) is 4. The number of carbonyl (C=O) groups is 2. The van der Waals surface area contributed by atoms with Crippen molar-refractivity contribution in [3.05, 3.63) is 63.3 Å². The molecule has 2 rings (SSSR count). The first-order valence-electron chi connectivity index (χ1n) is 6.53. The van der Waals surface area contributed by atoms with Gasteiger partial charge in [-0.3, -0.25) is 4.79 Å². The SMILES string of the molecule is O=C(COC(=O)/C=C/c1ccccc1Cl)NCc1cccs1. The van der Waals surface area contributed by atoms with Crippen LogP contribution in [0.3, 0.4) is 0 Å². The highest BCUT2D eigenvalue weighted by Crippen LogP contribution is 2.16. The Morgan fingerprint density at radius 3 is 2.77 bits per heavy atom. The van der Waals surface area contributed by atoms with E-state index in [2.05, 4.69) is 5.32 Å². The predicted molar refractivity (Wildman–Crippen MR) is 87.6 cm³/mol. The van der Waals surface area contributed by atoms with E-state index in [1.54, 1.807) is 35.6 Å². The second kappa shape index (κ2) is 8.36. The smallest absolute Gasteiger partial charge is 0.331 e. The third-order valence-electron chi connectivity index (χ3n) is 2.69. The Bertz CT molecular complexity index is 668. The summed E-state index contributed by atoms with van der Waals surface area (Å²) in [4.78, 5) is 24.1. The average Bonchev–Trinajstić information content (AvgIpc) is 3.03. The molecule has 1 amide bonds. The largest absolute Gasteiger partial charge is 0.452 e. The Morgan fingerprint density at radius 1 is 1.23 bits per heavy atom. The van der Waals surface area contributed by atoms with Crippen molar-refractivity contribution < 1.29 is 14.3 Å². The highest BCUT2D eigenvalue weighted by Gasteiger charge is 2.05. The summed E-state index contributed by atoms with van der Waals surface area (Å²) in [5.41, 5.74) is 0.711. The van der Waals surface area contributed by atoms with E-state index < -0.39 is 5.97 Å². The summed E-state index contributed by atoms with van der Waals surface area (Å²) >= 11 is 7.51. The minimum Gasteiger partial charge on any atom is -0.452 e. The number of benzene rings is 1. The molecule has 1 heterocycles. The lowest BCUT2D eigenvalue weighted by atomic mass is 10.2. The van der Waals surface area contributed by atoms with Gasteiger partial charge in [0, 0.05) is 16.0 Å². The van der Waals surface area contributed by atoms with E-state index in [0.29, 0.717) is 17.1 Å². The highest BCUT2D eigenvalue weighted by atomic mass is 35.5. The lowest BCUT2D eigenvalue weighted by molar-refractivity contribution is -0.143. The van der Waals surface area contributed by atoms with E-state index in [1.807, 2.05) is 23.6 Å². The van der Waals surface area contributed by atoms with E-state index in [1.165, 1.54) is 6.08 Å². The molecular weight excluding hydrogens is 322 g/mol. The summed E-state index contributed by atoms with van der Waals surface area (Å²) < 4.78 is 4.86. The molecule has 6 heteroatoms. The highest BCUT2D eigenvalue weighted by molar-refractivity contribution is 7.09. The second-order valence-electron chi connectivity index (χ2n) is 4.32. The molecule has 2 aromatic rings. The van der Waals surface area contributed by atoms with Gasteiger partial charge < -0.3 is 10.1 Å². The van der Waals surface area contributed by atoms with Crippen molar-refractivity contribution in [1.82, 2.24) is 5.32 Å². The van der Waals surface area contributed by atoms with Crippen LogP contribution in [-0.2, 0) is 20.9 Å². The molecule has 0 spiro atoms. The van der Waals surface area contributed by atoms with Gasteiger partial charge in [0.15, 0.2) is 6.61 Å². The summed E-state index contributed by atoms with van der Waals surface area (Å²) in [6.07, 6.45) is 2.79. The van der Waals surface area contributed by atoms with E-state index in [-0.39, 0.29) is 12.5 Å². The maximum atomic E-state index is 11.5. The fourth-order valence-corrected chi connectivity index (χ4v) is 2.45. The third kappa shape index (κ3) is 5.35. The van der Waals surface area contributed by atoms with Crippen LogP contribution in [0.1, 0.15) is 10.4 Å². The topological polar surface area (TPSA) is 55.4 Å². The molecule has 1 aromatic carbocycles. The Kier molecular flexibility index (Phi) is 6.18. The molecule has 1 N–H and O–H groups in total. The fourth-order valence-electron chi connectivity index (χ4n) is 1.60. The van der Waals surface area contributed by atoms with Crippen LogP contribution in [0.4, 0.5) is 0 Å². The van der Waals surface area contributed by atoms with Crippen molar-refractivity contribution in [3.8, 4) is 0 Å². The first-order chi connectivity index (χ1) is 10.6. The number of halogens is 1. The normalized spacial score (nSPS) is 10.6. The molecule has 0 fully saturated rings. The first-order valence-corrected chi connectivity index (χ1v) is 7.79. The Balaban J connectivity index is 1.73. The first kappa shape index (κ1) is 16.3.